The van der Waals surface area contributed by atoms with Gasteiger partial charge in [-0.2, -0.15) is 13.2 Å². The van der Waals surface area contributed by atoms with E-state index >= 15 is 0 Å². The lowest BCUT2D eigenvalue weighted by molar-refractivity contribution is -0.276. The quantitative estimate of drug-likeness (QED) is 0.655. The molecule has 0 aliphatic rings. The molecule has 0 aliphatic heterocycles. The summed E-state index contributed by atoms with van der Waals surface area (Å²) in [6.07, 6.45) is -10.3. The summed E-state index contributed by atoms with van der Waals surface area (Å²) in [5, 5.41) is 7.93. The predicted molar refractivity (Wildman–Crippen MR) is 55.5 cm³/mol. The zero-order valence-electron chi connectivity index (χ0n) is 9.14. The van der Waals surface area contributed by atoms with Crippen molar-refractivity contribution in [2.45, 2.75) is 17.9 Å². The molecule has 0 spiro atoms. The molecule has 0 bridgehead atoms. The number of nitrogens with zero attached hydrogens (tertiary/aromatic N) is 1. The van der Waals surface area contributed by atoms with Crippen molar-refractivity contribution in [1.82, 2.24) is 4.98 Å². The predicted octanol–water partition coefficient (Wildman–Crippen LogP) is 3.59. The monoisotopic (exact) mass is 367 g/mol. The number of carbonyl (C=O) groups is 1. The van der Waals surface area contributed by atoms with Crippen molar-refractivity contribution >= 4 is 21.9 Å². The van der Waals surface area contributed by atoms with Gasteiger partial charge in [-0.1, -0.05) is 15.9 Å². The lowest BCUT2D eigenvalue weighted by atomic mass is 10.0. The highest BCUT2D eigenvalue weighted by atomic mass is 79.9. The highest BCUT2D eigenvalue weighted by molar-refractivity contribution is 9.08. The molecule has 0 aliphatic carbocycles. The van der Waals surface area contributed by atoms with Gasteiger partial charge < -0.3 is 9.84 Å². The van der Waals surface area contributed by atoms with E-state index in [1.165, 1.54) is 0 Å². The maximum atomic E-state index is 12.8. The second-order valence-electron chi connectivity index (χ2n) is 3.31. The van der Waals surface area contributed by atoms with E-state index in [1.807, 2.05) is 0 Å². The molecule has 1 aromatic rings. The van der Waals surface area contributed by atoms with Gasteiger partial charge >= 0.3 is 18.5 Å². The molecule has 112 valence electrons. The van der Waals surface area contributed by atoms with Crippen molar-refractivity contribution in [2.24, 2.45) is 0 Å². The number of aromatic carboxylic acids is 1. The van der Waals surface area contributed by atoms with Crippen LogP contribution in [0.15, 0.2) is 6.20 Å². The fourth-order valence-electron chi connectivity index (χ4n) is 1.34. The number of hydrogen-bond acceptors (Lipinski definition) is 3. The molecule has 1 N–H and O–H groups in total. The Morgan fingerprint density at radius 2 is 1.85 bits per heavy atom. The zero-order chi connectivity index (χ0) is 15.7. The molecule has 0 saturated carbocycles. The minimum atomic E-state index is -5.25. The molecule has 1 aromatic heterocycles. The Morgan fingerprint density at radius 3 is 2.20 bits per heavy atom. The average molecular weight is 368 g/mol. The molecule has 0 aromatic carbocycles. The second kappa shape index (κ2) is 5.46. The van der Waals surface area contributed by atoms with E-state index in [-0.39, 0.29) is 6.20 Å². The number of hydrogen-bond donors (Lipinski definition) is 1. The van der Waals surface area contributed by atoms with Gasteiger partial charge in [0, 0.05) is 17.1 Å². The molecule has 4 nitrogen and oxygen atoms in total. The van der Waals surface area contributed by atoms with E-state index in [9.17, 15) is 31.1 Å². The maximum Gasteiger partial charge on any atom is 0.574 e. The minimum absolute atomic E-state index is 0.165. The number of pyridine rings is 1. The smallest absolute Gasteiger partial charge is 0.478 e. The number of aromatic nitrogens is 1. The Labute approximate surface area is 115 Å². The van der Waals surface area contributed by atoms with Crippen LogP contribution in [0, 0.1) is 0 Å². The molecule has 0 radical (unpaired) electrons. The molecule has 1 rings (SSSR count). The summed E-state index contributed by atoms with van der Waals surface area (Å²) in [6, 6.07) is 0. The summed E-state index contributed by atoms with van der Waals surface area (Å²) in [5.41, 5.74) is -4.05. The highest BCUT2D eigenvalue weighted by Gasteiger charge is 2.41. The number of ether oxygens (including phenoxy) is 1. The third kappa shape index (κ3) is 3.74. The van der Waals surface area contributed by atoms with Gasteiger partial charge in [0.25, 0.3) is 0 Å². The van der Waals surface area contributed by atoms with Crippen molar-refractivity contribution in [1.29, 1.82) is 0 Å². The van der Waals surface area contributed by atoms with Gasteiger partial charge in [0.2, 0.25) is 5.88 Å². The van der Waals surface area contributed by atoms with Crippen molar-refractivity contribution in [3.63, 3.8) is 0 Å². The number of halogens is 7. The van der Waals surface area contributed by atoms with Gasteiger partial charge in [0.15, 0.2) is 0 Å². The van der Waals surface area contributed by atoms with E-state index in [2.05, 4.69) is 25.7 Å². The molecule has 0 atom stereocenters. The van der Waals surface area contributed by atoms with Crippen LogP contribution in [0.3, 0.4) is 0 Å². The summed E-state index contributed by atoms with van der Waals surface area (Å²) in [7, 11) is 0. The first-order chi connectivity index (χ1) is 8.97. The molecule has 1 heterocycles. The van der Waals surface area contributed by atoms with Crippen LogP contribution >= 0.6 is 15.9 Å². The Bertz CT molecular complexity index is 528. The van der Waals surface area contributed by atoms with E-state index in [4.69, 9.17) is 5.11 Å². The average Bonchev–Trinajstić information content (AvgIpc) is 2.24. The van der Waals surface area contributed by atoms with Crippen molar-refractivity contribution in [3.8, 4) is 5.88 Å². The summed E-state index contributed by atoms with van der Waals surface area (Å²) in [4.78, 5) is 13.7. The minimum Gasteiger partial charge on any atom is -0.478 e. The number of carboxylic acids is 1. The van der Waals surface area contributed by atoms with Crippen LogP contribution in [-0.2, 0) is 11.5 Å². The Kier molecular flexibility index (Phi) is 4.52. The fraction of sp³-hybridized carbons (Fsp3) is 0.333. The summed E-state index contributed by atoms with van der Waals surface area (Å²) < 4.78 is 78.0. The van der Waals surface area contributed by atoms with E-state index in [0.717, 1.165) is 0 Å². The topological polar surface area (TPSA) is 59.4 Å². The van der Waals surface area contributed by atoms with Crippen molar-refractivity contribution < 1.29 is 41.0 Å². The molecule has 0 unspecified atom stereocenters. The fourth-order valence-corrected chi connectivity index (χ4v) is 1.86. The zero-order valence-corrected chi connectivity index (χ0v) is 10.7. The Hall–Kier alpha value is -1.52. The van der Waals surface area contributed by atoms with Gasteiger partial charge in [0.1, 0.15) is 0 Å². The van der Waals surface area contributed by atoms with Crippen LogP contribution in [-0.4, -0.2) is 22.4 Å². The van der Waals surface area contributed by atoms with Crippen molar-refractivity contribution in [3.05, 3.63) is 22.9 Å². The van der Waals surface area contributed by atoms with E-state index in [0.29, 0.717) is 0 Å². The van der Waals surface area contributed by atoms with Crippen molar-refractivity contribution in [2.75, 3.05) is 0 Å². The van der Waals surface area contributed by atoms with E-state index < -0.39 is 46.4 Å². The van der Waals surface area contributed by atoms with Crippen LogP contribution in [0.2, 0.25) is 0 Å². The third-order valence-electron chi connectivity index (χ3n) is 2.00. The van der Waals surface area contributed by atoms with Gasteiger partial charge in [-0.15, -0.1) is 13.2 Å². The largest absolute Gasteiger partial charge is 0.574 e. The first-order valence-electron chi connectivity index (χ1n) is 4.61. The molecule has 0 amide bonds. The first kappa shape index (κ1) is 16.5. The second-order valence-corrected chi connectivity index (χ2v) is 3.88. The van der Waals surface area contributed by atoms with Gasteiger partial charge in [-0.25, -0.2) is 9.78 Å². The molecule has 20 heavy (non-hydrogen) atoms. The van der Waals surface area contributed by atoms with Gasteiger partial charge in [-0.3, -0.25) is 0 Å². The lowest BCUT2D eigenvalue weighted by Crippen LogP contribution is -2.22. The maximum absolute atomic E-state index is 12.8. The van der Waals surface area contributed by atoms with Gasteiger partial charge in [-0.05, 0) is 0 Å². The first-order valence-corrected chi connectivity index (χ1v) is 5.73. The van der Waals surface area contributed by atoms with Crippen LogP contribution < -0.4 is 4.74 Å². The lowest BCUT2D eigenvalue weighted by Gasteiger charge is -2.17. The van der Waals surface area contributed by atoms with Crippen LogP contribution in [0.25, 0.3) is 0 Å². The van der Waals surface area contributed by atoms with Crippen LogP contribution in [0.4, 0.5) is 26.3 Å². The number of rotatable bonds is 3. The number of carboxylic acid groups (broad SMARTS) is 1. The van der Waals surface area contributed by atoms with Crippen LogP contribution in [0.5, 0.6) is 5.88 Å². The summed E-state index contributed by atoms with van der Waals surface area (Å²) >= 11 is 2.56. The van der Waals surface area contributed by atoms with Gasteiger partial charge in [0.05, 0.1) is 11.1 Å². The molecular formula is C9H4BrF6NO3. The highest BCUT2D eigenvalue weighted by Crippen LogP contribution is 2.39. The molecular weight excluding hydrogens is 364 g/mol. The molecule has 11 heteroatoms. The Morgan fingerprint density at radius 1 is 1.30 bits per heavy atom. The Balaban J connectivity index is 3.57. The third-order valence-corrected chi connectivity index (χ3v) is 2.56. The number of alkyl halides is 7. The molecule has 0 fully saturated rings. The standard InChI is InChI=1S/C9H4BrF6NO3/c10-1-3-5(8(11,12)13)4(7(18)19)2-17-6(3)20-9(14,15)16/h2H,1H2,(H,18,19). The SMILES string of the molecule is O=C(O)c1cnc(OC(F)(F)F)c(CBr)c1C(F)(F)F. The van der Waals surface area contributed by atoms with Crippen LogP contribution in [0.1, 0.15) is 21.5 Å². The summed E-state index contributed by atoms with van der Waals surface area (Å²) in [5.74, 6) is -3.32. The summed E-state index contributed by atoms with van der Waals surface area (Å²) in [6.45, 7) is 0. The normalized spacial score (nSPS) is 12.3. The molecule has 0 saturated heterocycles. The van der Waals surface area contributed by atoms with E-state index in [1.54, 1.807) is 0 Å².